The summed E-state index contributed by atoms with van der Waals surface area (Å²) in [6, 6.07) is 8.78. The van der Waals surface area contributed by atoms with Gasteiger partial charge in [0.2, 0.25) is 0 Å². The van der Waals surface area contributed by atoms with Gasteiger partial charge in [0.1, 0.15) is 0 Å². The molecule has 0 spiro atoms. The molecule has 3 unspecified atom stereocenters. The monoisotopic (exact) mass is 296 g/mol. The van der Waals surface area contributed by atoms with E-state index in [1.165, 1.54) is 5.56 Å². The number of likely N-dealkylation sites (N-methyl/N-ethyl adjacent to an activating group) is 1. The highest BCUT2D eigenvalue weighted by atomic mass is 35.5. The number of halogens is 1. The van der Waals surface area contributed by atoms with Crippen molar-refractivity contribution in [3.8, 4) is 0 Å². The van der Waals surface area contributed by atoms with Crippen LogP contribution >= 0.6 is 11.6 Å². The van der Waals surface area contributed by atoms with Gasteiger partial charge in [-0.2, -0.15) is 0 Å². The first-order chi connectivity index (χ1) is 9.18. The van der Waals surface area contributed by atoms with Crippen LogP contribution in [0.25, 0.3) is 0 Å². The zero-order valence-electron chi connectivity index (χ0n) is 13.7. The summed E-state index contributed by atoms with van der Waals surface area (Å²) in [5, 5.41) is 0.771. The van der Waals surface area contributed by atoms with Crippen LogP contribution in [0.1, 0.15) is 52.6 Å². The molecule has 0 heterocycles. The Morgan fingerprint density at radius 2 is 1.90 bits per heavy atom. The fourth-order valence-electron chi connectivity index (χ4n) is 2.55. The van der Waals surface area contributed by atoms with Crippen LogP contribution in [0.2, 0.25) is 5.02 Å². The molecule has 1 aromatic carbocycles. The normalized spacial score (nSPS) is 17.1. The van der Waals surface area contributed by atoms with Crippen molar-refractivity contribution < 1.29 is 0 Å². The van der Waals surface area contributed by atoms with Gasteiger partial charge >= 0.3 is 0 Å². The lowest BCUT2D eigenvalue weighted by Gasteiger charge is -2.42. The quantitative estimate of drug-likeness (QED) is 0.868. The van der Waals surface area contributed by atoms with E-state index in [0.29, 0.717) is 6.04 Å². The molecule has 0 amide bonds. The average molecular weight is 297 g/mol. The zero-order chi connectivity index (χ0) is 15.5. The van der Waals surface area contributed by atoms with Gasteiger partial charge in [0.25, 0.3) is 0 Å². The third-order valence-corrected chi connectivity index (χ3v) is 4.61. The van der Waals surface area contributed by atoms with E-state index in [0.717, 1.165) is 11.4 Å². The summed E-state index contributed by atoms with van der Waals surface area (Å²) in [4.78, 5) is 2.39. The van der Waals surface area contributed by atoms with E-state index in [2.05, 4.69) is 52.6 Å². The van der Waals surface area contributed by atoms with E-state index in [9.17, 15) is 0 Å². The number of benzene rings is 1. The van der Waals surface area contributed by atoms with Gasteiger partial charge in [-0.1, -0.05) is 51.4 Å². The zero-order valence-corrected chi connectivity index (χ0v) is 14.4. The molecule has 114 valence electrons. The Morgan fingerprint density at radius 1 is 1.30 bits per heavy atom. The SMILES string of the molecule is CCC(N)C(c1cccc(Cl)c1)N(C)C(C)C(C)(C)C. The highest BCUT2D eigenvalue weighted by Crippen LogP contribution is 2.33. The summed E-state index contributed by atoms with van der Waals surface area (Å²) in [5.41, 5.74) is 7.80. The maximum atomic E-state index is 6.40. The molecule has 0 aliphatic heterocycles. The predicted molar refractivity (Wildman–Crippen MR) is 89.1 cm³/mol. The van der Waals surface area contributed by atoms with Crippen molar-refractivity contribution >= 4 is 11.6 Å². The number of hydrogen-bond donors (Lipinski definition) is 1. The molecule has 2 N–H and O–H groups in total. The summed E-state index contributed by atoms with van der Waals surface area (Å²) in [6.45, 7) is 11.2. The molecule has 2 nitrogen and oxygen atoms in total. The van der Waals surface area contributed by atoms with E-state index in [-0.39, 0.29) is 17.5 Å². The molecule has 3 heteroatoms. The lowest BCUT2D eigenvalue weighted by molar-refractivity contribution is 0.0831. The summed E-state index contributed by atoms with van der Waals surface area (Å²) in [5.74, 6) is 0. The fourth-order valence-corrected chi connectivity index (χ4v) is 2.75. The van der Waals surface area contributed by atoms with E-state index in [1.54, 1.807) is 0 Å². The minimum absolute atomic E-state index is 0.100. The summed E-state index contributed by atoms with van der Waals surface area (Å²) in [7, 11) is 2.16. The Bertz CT molecular complexity index is 425. The molecule has 1 rings (SSSR count). The Balaban J connectivity index is 3.13. The van der Waals surface area contributed by atoms with E-state index in [4.69, 9.17) is 17.3 Å². The van der Waals surface area contributed by atoms with Gasteiger partial charge in [-0.05, 0) is 43.5 Å². The Labute approximate surface area is 129 Å². The first kappa shape index (κ1) is 17.5. The molecule has 0 saturated carbocycles. The smallest absolute Gasteiger partial charge is 0.0499 e. The maximum Gasteiger partial charge on any atom is 0.0499 e. The van der Waals surface area contributed by atoms with Crippen LogP contribution in [0.3, 0.4) is 0 Å². The van der Waals surface area contributed by atoms with E-state index < -0.39 is 0 Å². The molecule has 0 saturated heterocycles. The van der Waals surface area contributed by atoms with Crippen molar-refractivity contribution in [2.75, 3.05) is 7.05 Å². The van der Waals surface area contributed by atoms with Crippen LogP contribution in [-0.4, -0.2) is 24.0 Å². The average Bonchev–Trinajstić information content (AvgIpc) is 2.36. The van der Waals surface area contributed by atoms with Gasteiger partial charge in [-0.3, -0.25) is 4.90 Å². The van der Waals surface area contributed by atoms with Gasteiger partial charge in [-0.25, -0.2) is 0 Å². The lowest BCUT2D eigenvalue weighted by atomic mass is 9.84. The number of hydrogen-bond acceptors (Lipinski definition) is 2. The van der Waals surface area contributed by atoms with Gasteiger partial charge in [0.05, 0.1) is 0 Å². The fraction of sp³-hybridized carbons (Fsp3) is 0.647. The van der Waals surface area contributed by atoms with Crippen LogP contribution in [0, 0.1) is 5.41 Å². The number of nitrogens with zero attached hydrogens (tertiary/aromatic N) is 1. The number of nitrogens with two attached hydrogens (primary N) is 1. The van der Waals surface area contributed by atoms with Crippen molar-refractivity contribution in [2.24, 2.45) is 11.1 Å². The van der Waals surface area contributed by atoms with Crippen LogP contribution in [-0.2, 0) is 0 Å². The molecule has 0 fully saturated rings. The Hall–Kier alpha value is -0.570. The third-order valence-electron chi connectivity index (χ3n) is 4.37. The maximum absolute atomic E-state index is 6.40. The van der Waals surface area contributed by atoms with Crippen molar-refractivity contribution in [3.05, 3.63) is 34.9 Å². The molecule has 0 aliphatic carbocycles. The molecule has 0 aliphatic rings. The molecule has 20 heavy (non-hydrogen) atoms. The summed E-state index contributed by atoms with van der Waals surface area (Å²) >= 11 is 6.15. The Kier molecular flexibility index (Phi) is 6.06. The van der Waals surface area contributed by atoms with E-state index >= 15 is 0 Å². The van der Waals surface area contributed by atoms with Crippen LogP contribution < -0.4 is 5.73 Å². The molecule has 0 radical (unpaired) electrons. The predicted octanol–water partition coefficient (Wildman–Crippen LogP) is 4.48. The summed E-state index contributed by atoms with van der Waals surface area (Å²) in [6.07, 6.45) is 0.943. The minimum Gasteiger partial charge on any atom is -0.326 e. The molecular formula is C17H29ClN2. The van der Waals surface area contributed by atoms with E-state index in [1.807, 2.05) is 18.2 Å². The van der Waals surface area contributed by atoms with Gasteiger partial charge in [0.15, 0.2) is 0 Å². The van der Waals surface area contributed by atoms with Crippen LogP contribution in [0.5, 0.6) is 0 Å². The highest BCUT2D eigenvalue weighted by molar-refractivity contribution is 6.30. The minimum atomic E-state index is 0.100. The second-order valence-corrected chi connectivity index (χ2v) is 7.22. The first-order valence-electron chi connectivity index (χ1n) is 7.41. The third kappa shape index (κ3) is 4.21. The highest BCUT2D eigenvalue weighted by Gasteiger charge is 2.32. The second-order valence-electron chi connectivity index (χ2n) is 6.78. The molecule has 0 bridgehead atoms. The van der Waals surface area contributed by atoms with Crippen molar-refractivity contribution in [3.63, 3.8) is 0 Å². The standard InChI is InChI=1S/C17H29ClN2/c1-7-15(19)16(13-9-8-10-14(18)11-13)20(6)12(2)17(3,4)5/h8-12,15-16H,7,19H2,1-6H3. The molecule has 0 aromatic heterocycles. The Morgan fingerprint density at radius 3 is 2.35 bits per heavy atom. The van der Waals surface area contributed by atoms with Crippen molar-refractivity contribution in [1.82, 2.24) is 4.90 Å². The number of rotatable bonds is 5. The molecule has 3 atom stereocenters. The first-order valence-corrected chi connectivity index (χ1v) is 7.79. The van der Waals surface area contributed by atoms with Crippen molar-refractivity contribution in [1.29, 1.82) is 0 Å². The summed E-state index contributed by atoms with van der Waals surface area (Å²) < 4.78 is 0. The van der Waals surface area contributed by atoms with Gasteiger partial charge < -0.3 is 5.73 Å². The molecule has 1 aromatic rings. The van der Waals surface area contributed by atoms with Crippen molar-refractivity contribution in [2.45, 2.75) is 59.2 Å². The topological polar surface area (TPSA) is 29.3 Å². The van der Waals surface area contributed by atoms with Crippen LogP contribution in [0.4, 0.5) is 0 Å². The van der Waals surface area contributed by atoms with Gasteiger partial charge in [0, 0.05) is 23.1 Å². The lowest BCUT2D eigenvalue weighted by Crippen LogP contribution is -2.47. The van der Waals surface area contributed by atoms with Gasteiger partial charge in [-0.15, -0.1) is 0 Å². The van der Waals surface area contributed by atoms with Crippen LogP contribution in [0.15, 0.2) is 24.3 Å². The second kappa shape index (κ2) is 6.93. The molecular weight excluding hydrogens is 268 g/mol. The largest absolute Gasteiger partial charge is 0.326 e.